The minimum absolute atomic E-state index is 0.00659. The molecule has 0 bridgehead atoms. The van der Waals surface area contributed by atoms with Crippen LogP contribution < -0.4 is 15.8 Å². The molecular weight excluding hydrogens is 449 g/mol. The monoisotopic (exact) mass is 470 g/mol. The summed E-state index contributed by atoms with van der Waals surface area (Å²) < 4.78 is 50.5. The van der Waals surface area contributed by atoms with Crippen molar-refractivity contribution < 1.29 is 27.1 Å². The van der Waals surface area contributed by atoms with Crippen molar-refractivity contribution in [2.45, 2.75) is 26.2 Å². The van der Waals surface area contributed by atoms with Gasteiger partial charge in [0.15, 0.2) is 11.5 Å². The lowest BCUT2D eigenvalue weighted by Gasteiger charge is -2.11. The molecule has 0 atom stereocenters. The van der Waals surface area contributed by atoms with Crippen molar-refractivity contribution in [2.75, 3.05) is 7.11 Å². The molecule has 4 rings (SSSR count). The molecule has 2 aromatic carbocycles. The van der Waals surface area contributed by atoms with E-state index in [1.165, 1.54) is 19.2 Å². The summed E-state index contributed by atoms with van der Waals surface area (Å²) in [5.41, 5.74) is 7.04. The zero-order valence-corrected chi connectivity index (χ0v) is 18.4. The number of nitrogens with two attached hydrogens (primary N) is 1. The van der Waals surface area contributed by atoms with E-state index < -0.39 is 17.8 Å². The van der Waals surface area contributed by atoms with Crippen LogP contribution in [0, 0.1) is 6.92 Å². The molecule has 0 saturated heterocycles. The Morgan fingerprint density at radius 2 is 1.88 bits per heavy atom. The lowest BCUT2D eigenvalue weighted by atomic mass is 10.1. The second-order valence-electron chi connectivity index (χ2n) is 7.51. The van der Waals surface area contributed by atoms with Crippen LogP contribution in [0.25, 0.3) is 22.4 Å². The van der Waals surface area contributed by atoms with E-state index in [4.69, 9.17) is 14.9 Å². The Morgan fingerprint density at radius 3 is 2.56 bits per heavy atom. The molecule has 7 nitrogen and oxygen atoms in total. The van der Waals surface area contributed by atoms with Gasteiger partial charge < -0.3 is 20.2 Å². The molecule has 4 aromatic rings. The lowest BCUT2D eigenvalue weighted by Crippen LogP contribution is -2.25. The molecule has 0 spiro atoms. The number of carbonyl (C=O) groups excluding carboxylic acids is 1. The first-order valence-electron chi connectivity index (χ1n) is 10.3. The highest BCUT2D eigenvalue weighted by Gasteiger charge is 2.33. The number of oxazole rings is 1. The molecule has 2 heterocycles. The van der Waals surface area contributed by atoms with Gasteiger partial charge in [-0.1, -0.05) is 24.3 Å². The maximum absolute atomic E-state index is 13.2. The van der Waals surface area contributed by atoms with Gasteiger partial charge in [-0.25, -0.2) is 9.97 Å². The highest BCUT2D eigenvalue weighted by molar-refractivity contribution is 5.98. The summed E-state index contributed by atoms with van der Waals surface area (Å²) >= 11 is 0. The Balaban J connectivity index is 1.72. The molecule has 0 aliphatic carbocycles. The standard InChI is InChI=1S/C24H21F3N4O3/c1-13-5-3-4-6-14(13)12-29-22(32)21-18(11-28)34-23(31-21)16-7-9-17(33-2)20-15(16)8-10-19(30-20)24(25,26)27/h3-10H,11-12,28H2,1-2H3,(H,29,32). The SMILES string of the molecule is COc1ccc(-c2nc(C(=O)NCc3ccccc3C)c(CN)o2)c2ccc(C(F)(F)F)nc12. The van der Waals surface area contributed by atoms with E-state index in [1.54, 1.807) is 6.07 Å². The van der Waals surface area contributed by atoms with Gasteiger partial charge >= 0.3 is 6.18 Å². The van der Waals surface area contributed by atoms with Crippen LogP contribution in [0.15, 0.2) is 52.9 Å². The number of hydrogen-bond donors (Lipinski definition) is 2. The predicted octanol–water partition coefficient (Wildman–Crippen LogP) is 4.61. The maximum Gasteiger partial charge on any atom is 0.433 e. The lowest BCUT2D eigenvalue weighted by molar-refractivity contribution is -0.140. The molecule has 3 N–H and O–H groups in total. The number of amides is 1. The smallest absolute Gasteiger partial charge is 0.433 e. The number of aromatic nitrogens is 2. The summed E-state index contributed by atoms with van der Waals surface area (Å²) in [5, 5.41) is 3.12. The van der Waals surface area contributed by atoms with Crippen molar-refractivity contribution in [1.29, 1.82) is 0 Å². The third kappa shape index (κ3) is 4.44. The van der Waals surface area contributed by atoms with Gasteiger partial charge in [-0.15, -0.1) is 0 Å². The summed E-state index contributed by atoms with van der Waals surface area (Å²) in [6.45, 7) is 2.13. The second-order valence-corrected chi connectivity index (χ2v) is 7.51. The molecule has 1 amide bonds. The van der Waals surface area contributed by atoms with Crippen molar-refractivity contribution in [3.05, 3.63) is 76.8 Å². The first kappa shape index (κ1) is 23.2. The molecule has 0 radical (unpaired) electrons. The zero-order chi connectivity index (χ0) is 24.5. The molecular formula is C24H21F3N4O3. The number of alkyl halides is 3. The number of methoxy groups -OCH3 is 1. The fourth-order valence-electron chi connectivity index (χ4n) is 3.55. The number of rotatable bonds is 6. The Labute approximate surface area is 192 Å². The number of pyridine rings is 1. The number of benzene rings is 2. The van der Waals surface area contributed by atoms with Crippen molar-refractivity contribution in [2.24, 2.45) is 5.73 Å². The number of nitrogens with zero attached hydrogens (tertiary/aromatic N) is 2. The molecule has 0 saturated carbocycles. The van der Waals surface area contributed by atoms with Crippen molar-refractivity contribution in [1.82, 2.24) is 15.3 Å². The van der Waals surface area contributed by atoms with Gasteiger partial charge in [-0.2, -0.15) is 13.2 Å². The zero-order valence-electron chi connectivity index (χ0n) is 18.4. The molecule has 176 valence electrons. The molecule has 0 unspecified atom stereocenters. The number of halogens is 3. The number of hydrogen-bond acceptors (Lipinski definition) is 6. The number of carbonyl (C=O) groups is 1. The van der Waals surface area contributed by atoms with E-state index in [-0.39, 0.29) is 41.7 Å². The topological polar surface area (TPSA) is 103 Å². The van der Waals surface area contributed by atoms with E-state index in [2.05, 4.69) is 15.3 Å². The Bertz CT molecular complexity index is 1370. The van der Waals surface area contributed by atoms with Gasteiger partial charge in [-0.05, 0) is 42.3 Å². The quantitative estimate of drug-likeness (QED) is 0.427. The van der Waals surface area contributed by atoms with E-state index in [0.717, 1.165) is 17.2 Å². The van der Waals surface area contributed by atoms with Crippen molar-refractivity contribution >= 4 is 16.8 Å². The molecule has 0 aliphatic heterocycles. The van der Waals surface area contributed by atoms with Crippen LogP contribution in [-0.4, -0.2) is 23.0 Å². The Morgan fingerprint density at radius 1 is 1.12 bits per heavy atom. The molecule has 10 heteroatoms. The van der Waals surface area contributed by atoms with Crippen LogP contribution in [0.5, 0.6) is 5.75 Å². The van der Waals surface area contributed by atoms with Crippen LogP contribution in [0.4, 0.5) is 13.2 Å². The normalized spacial score (nSPS) is 11.6. The highest BCUT2D eigenvalue weighted by atomic mass is 19.4. The fourth-order valence-corrected chi connectivity index (χ4v) is 3.55. The van der Waals surface area contributed by atoms with Crippen molar-refractivity contribution in [3.8, 4) is 17.2 Å². The van der Waals surface area contributed by atoms with Crippen molar-refractivity contribution in [3.63, 3.8) is 0 Å². The summed E-state index contributed by atoms with van der Waals surface area (Å²) in [6.07, 6.45) is -4.62. The van der Waals surface area contributed by atoms with Gasteiger partial charge in [0.05, 0.1) is 13.7 Å². The summed E-state index contributed by atoms with van der Waals surface area (Å²) in [4.78, 5) is 20.9. The van der Waals surface area contributed by atoms with Crippen LogP contribution in [0.1, 0.15) is 33.1 Å². The highest BCUT2D eigenvalue weighted by Crippen LogP contribution is 2.36. The average Bonchev–Trinajstić information content (AvgIpc) is 3.26. The Hall–Kier alpha value is -3.92. The number of nitrogens with one attached hydrogen (secondary N) is 1. The maximum atomic E-state index is 13.2. The van der Waals surface area contributed by atoms with Crippen LogP contribution in [0.2, 0.25) is 0 Å². The summed E-state index contributed by atoms with van der Waals surface area (Å²) in [6, 6.07) is 12.8. The fraction of sp³-hybridized carbons (Fsp3) is 0.208. The van der Waals surface area contributed by atoms with Gasteiger partial charge in [0.2, 0.25) is 5.89 Å². The molecule has 0 fully saturated rings. The minimum Gasteiger partial charge on any atom is -0.494 e. The third-order valence-electron chi connectivity index (χ3n) is 5.36. The first-order chi connectivity index (χ1) is 16.2. The van der Waals surface area contributed by atoms with E-state index in [9.17, 15) is 18.0 Å². The van der Waals surface area contributed by atoms with Crippen LogP contribution in [0.3, 0.4) is 0 Å². The third-order valence-corrected chi connectivity index (χ3v) is 5.36. The van der Waals surface area contributed by atoms with Crippen LogP contribution >= 0.6 is 0 Å². The van der Waals surface area contributed by atoms with E-state index in [1.807, 2.05) is 31.2 Å². The van der Waals surface area contributed by atoms with Gasteiger partial charge in [0.1, 0.15) is 17.0 Å². The van der Waals surface area contributed by atoms with Gasteiger partial charge in [-0.3, -0.25) is 4.79 Å². The first-order valence-corrected chi connectivity index (χ1v) is 10.3. The van der Waals surface area contributed by atoms with Crippen LogP contribution in [-0.2, 0) is 19.3 Å². The predicted molar refractivity (Wildman–Crippen MR) is 119 cm³/mol. The number of ether oxygens (including phenoxy) is 1. The number of aryl methyl sites for hydroxylation is 1. The van der Waals surface area contributed by atoms with E-state index >= 15 is 0 Å². The molecule has 2 aromatic heterocycles. The minimum atomic E-state index is -4.62. The summed E-state index contributed by atoms with van der Waals surface area (Å²) in [7, 11) is 1.34. The average molecular weight is 470 g/mol. The van der Waals surface area contributed by atoms with E-state index in [0.29, 0.717) is 10.9 Å². The molecule has 0 aliphatic rings. The van der Waals surface area contributed by atoms with Gasteiger partial charge in [0.25, 0.3) is 5.91 Å². The Kier molecular flexibility index (Phi) is 6.25. The van der Waals surface area contributed by atoms with Gasteiger partial charge in [0, 0.05) is 17.5 Å². The number of fused-ring (bicyclic) bond motifs is 1. The largest absolute Gasteiger partial charge is 0.494 e. The summed E-state index contributed by atoms with van der Waals surface area (Å²) in [5.74, 6) is -0.127. The molecule has 34 heavy (non-hydrogen) atoms. The second kappa shape index (κ2) is 9.14.